The van der Waals surface area contributed by atoms with Gasteiger partial charge in [0.1, 0.15) is 0 Å². The Labute approximate surface area is 106 Å². The average Bonchev–Trinajstić information content (AvgIpc) is 2.93. The van der Waals surface area contributed by atoms with Gasteiger partial charge in [-0.2, -0.15) is 0 Å². The fourth-order valence-corrected chi connectivity index (χ4v) is 2.01. The number of imidazole rings is 1. The van der Waals surface area contributed by atoms with Crippen LogP contribution in [0.2, 0.25) is 0 Å². The molecule has 0 saturated heterocycles. The predicted octanol–water partition coefficient (Wildman–Crippen LogP) is 2.99. The van der Waals surface area contributed by atoms with E-state index in [0.29, 0.717) is 0 Å². The van der Waals surface area contributed by atoms with Crippen molar-refractivity contribution in [3.05, 3.63) is 72.9 Å². The molecular formula is C15H13N3. The molecule has 0 atom stereocenters. The topological polar surface area (TPSA) is 30.7 Å². The minimum absolute atomic E-state index is 0.812. The Hall–Kier alpha value is -2.42. The fraction of sp³-hybridized carbons (Fsp3) is 0.0667. The molecule has 18 heavy (non-hydrogen) atoms. The van der Waals surface area contributed by atoms with Gasteiger partial charge in [0.2, 0.25) is 0 Å². The van der Waals surface area contributed by atoms with Gasteiger partial charge in [-0.3, -0.25) is 4.98 Å². The maximum absolute atomic E-state index is 4.41. The van der Waals surface area contributed by atoms with Crippen LogP contribution in [-0.2, 0) is 6.54 Å². The Bertz CT molecular complexity index is 615. The van der Waals surface area contributed by atoms with E-state index in [1.807, 2.05) is 43.0 Å². The quantitative estimate of drug-likeness (QED) is 0.698. The zero-order valence-electron chi connectivity index (χ0n) is 9.90. The second kappa shape index (κ2) is 4.84. The fourth-order valence-electron chi connectivity index (χ4n) is 2.01. The van der Waals surface area contributed by atoms with Crippen LogP contribution >= 0.6 is 0 Å². The second-order valence-electron chi connectivity index (χ2n) is 4.11. The maximum Gasteiger partial charge on any atom is 0.0949 e. The van der Waals surface area contributed by atoms with E-state index < -0.39 is 0 Å². The van der Waals surface area contributed by atoms with Crippen LogP contribution in [0.4, 0.5) is 0 Å². The van der Waals surface area contributed by atoms with Crippen LogP contribution in [0.3, 0.4) is 0 Å². The van der Waals surface area contributed by atoms with E-state index in [1.165, 1.54) is 11.1 Å². The first kappa shape index (κ1) is 10.7. The molecule has 0 radical (unpaired) electrons. The van der Waals surface area contributed by atoms with Gasteiger partial charge < -0.3 is 4.57 Å². The summed E-state index contributed by atoms with van der Waals surface area (Å²) < 4.78 is 2.06. The Morgan fingerprint density at radius 2 is 1.83 bits per heavy atom. The molecule has 3 aromatic rings. The van der Waals surface area contributed by atoms with Gasteiger partial charge in [-0.05, 0) is 17.7 Å². The molecule has 3 rings (SSSR count). The molecule has 0 aliphatic heterocycles. The number of pyridine rings is 1. The number of aromatic nitrogens is 3. The van der Waals surface area contributed by atoms with Crippen molar-refractivity contribution in [1.29, 1.82) is 0 Å². The molecule has 2 heterocycles. The van der Waals surface area contributed by atoms with Crippen molar-refractivity contribution in [3.63, 3.8) is 0 Å². The Kier molecular flexibility index (Phi) is 2.88. The molecule has 3 nitrogen and oxygen atoms in total. The second-order valence-corrected chi connectivity index (χ2v) is 4.11. The molecule has 0 N–H and O–H groups in total. The highest BCUT2D eigenvalue weighted by Crippen LogP contribution is 2.21. The van der Waals surface area contributed by atoms with E-state index in [1.54, 1.807) is 6.20 Å². The molecule has 0 bridgehead atoms. The number of rotatable bonds is 3. The highest BCUT2D eigenvalue weighted by atomic mass is 15.0. The van der Waals surface area contributed by atoms with Crippen LogP contribution < -0.4 is 0 Å². The first-order chi connectivity index (χ1) is 8.93. The molecule has 2 aromatic heterocycles. The van der Waals surface area contributed by atoms with Crippen LogP contribution in [0, 0.1) is 0 Å². The first-order valence-electron chi connectivity index (χ1n) is 5.88. The maximum atomic E-state index is 4.41. The van der Waals surface area contributed by atoms with Crippen molar-refractivity contribution < 1.29 is 0 Å². The normalized spacial score (nSPS) is 10.4. The Morgan fingerprint density at radius 3 is 2.61 bits per heavy atom. The van der Waals surface area contributed by atoms with E-state index in [9.17, 15) is 0 Å². The zero-order chi connectivity index (χ0) is 12.2. The summed E-state index contributed by atoms with van der Waals surface area (Å²) in [5.74, 6) is 0. The van der Waals surface area contributed by atoms with Gasteiger partial charge in [-0.25, -0.2) is 4.98 Å². The predicted molar refractivity (Wildman–Crippen MR) is 71.0 cm³/mol. The van der Waals surface area contributed by atoms with Crippen LogP contribution in [0.1, 0.15) is 5.56 Å². The van der Waals surface area contributed by atoms with Crippen molar-refractivity contribution in [2.45, 2.75) is 6.54 Å². The summed E-state index contributed by atoms with van der Waals surface area (Å²) >= 11 is 0. The molecule has 0 amide bonds. The molecule has 1 aromatic carbocycles. The Balaban J connectivity index is 2.00. The van der Waals surface area contributed by atoms with Crippen molar-refractivity contribution in [2.24, 2.45) is 0 Å². The number of benzene rings is 1. The summed E-state index contributed by atoms with van der Waals surface area (Å²) in [6.07, 6.45) is 7.41. The lowest BCUT2D eigenvalue weighted by Crippen LogP contribution is -1.99. The van der Waals surface area contributed by atoms with Gasteiger partial charge in [0.25, 0.3) is 0 Å². The number of hydrogen-bond donors (Lipinski definition) is 0. The van der Waals surface area contributed by atoms with E-state index >= 15 is 0 Å². The van der Waals surface area contributed by atoms with Crippen molar-refractivity contribution in [2.75, 3.05) is 0 Å². The minimum atomic E-state index is 0.812. The van der Waals surface area contributed by atoms with E-state index in [4.69, 9.17) is 0 Å². The number of hydrogen-bond acceptors (Lipinski definition) is 2. The summed E-state index contributed by atoms with van der Waals surface area (Å²) in [7, 11) is 0. The molecule has 0 fully saturated rings. The van der Waals surface area contributed by atoms with E-state index in [2.05, 4.69) is 32.7 Å². The lowest BCUT2D eigenvalue weighted by Gasteiger charge is -2.09. The third-order valence-corrected chi connectivity index (χ3v) is 2.87. The summed E-state index contributed by atoms with van der Waals surface area (Å²) in [6.45, 7) is 0.812. The summed E-state index contributed by atoms with van der Waals surface area (Å²) in [4.78, 5) is 8.48. The van der Waals surface area contributed by atoms with E-state index in [-0.39, 0.29) is 0 Å². The Morgan fingerprint density at radius 1 is 0.944 bits per heavy atom. The third kappa shape index (κ3) is 2.15. The monoisotopic (exact) mass is 235 g/mol. The molecule has 0 aliphatic rings. The van der Waals surface area contributed by atoms with Crippen molar-refractivity contribution >= 4 is 0 Å². The zero-order valence-corrected chi connectivity index (χ0v) is 9.90. The minimum Gasteiger partial charge on any atom is -0.333 e. The number of nitrogens with zero attached hydrogens (tertiary/aromatic N) is 3. The average molecular weight is 235 g/mol. The molecule has 88 valence electrons. The van der Waals surface area contributed by atoms with Crippen molar-refractivity contribution in [3.8, 4) is 11.3 Å². The molecule has 0 aliphatic carbocycles. The van der Waals surface area contributed by atoms with Crippen LogP contribution in [0.15, 0.2) is 67.4 Å². The molecule has 3 heteroatoms. The third-order valence-electron chi connectivity index (χ3n) is 2.87. The van der Waals surface area contributed by atoms with E-state index in [0.717, 1.165) is 12.2 Å². The molecular weight excluding hydrogens is 222 g/mol. The molecule has 0 spiro atoms. The van der Waals surface area contributed by atoms with Gasteiger partial charge in [0.05, 0.1) is 12.0 Å². The van der Waals surface area contributed by atoms with Gasteiger partial charge >= 0.3 is 0 Å². The van der Waals surface area contributed by atoms with Crippen LogP contribution in [-0.4, -0.2) is 14.5 Å². The van der Waals surface area contributed by atoms with Crippen molar-refractivity contribution in [1.82, 2.24) is 14.5 Å². The highest BCUT2D eigenvalue weighted by molar-refractivity contribution is 5.63. The summed E-state index contributed by atoms with van der Waals surface area (Å²) in [6, 6.07) is 14.3. The van der Waals surface area contributed by atoms with Gasteiger partial charge in [0, 0.05) is 30.7 Å². The van der Waals surface area contributed by atoms with Gasteiger partial charge in [-0.1, -0.05) is 30.3 Å². The largest absolute Gasteiger partial charge is 0.333 e. The SMILES string of the molecule is c1ccc(-c2ccccc2Cn2ccnc2)nc1. The summed E-state index contributed by atoms with van der Waals surface area (Å²) in [5, 5.41) is 0. The molecule has 0 saturated carbocycles. The van der Waals surface area contributed by atoms with Gasteiger partial charge in [0.15, 0.2) is 0 Å². The van der Waals surface area contributed by atoms with Gasteiger partial charge in [-0.15, -0.1) is 0 Å². The first-order valence-corrected chi connectivity index (χ1v) is 5.88. The lowest BCUT2D eigenvalue weighted by molar-refractivity contribution is 0.798. The van der Waals surface area contributed by atoms with Crippen LogP contribution in [0.25, 0.3) is 11.3 Å². The van der Waals surface area contributed by atoms with Crippen LogP contribution in [0.5, 0.6) is 0 Å². The lowest BCUT2D eigenvalue weighted by atomic mass is 10.0. The smallest absolute Gasteiger partial charge is 0.0949 e. The standard InChI is InChI=1S/C15H13N3/c1-2-6-14(15-7-3-4-8-17-15)13(5-1)11-18-10-9-16-12-18/h1-10,12H,11H2. The molecule has 0 unspecified atom stereocenters. The summed E-state index contributed by atoms with van der Waals surface area (Å²) in [5.41, 5.74) is 3.43. The highest BCUT2D eigenvalue weighted by Gasteiger charge is 2.05.